The van der Waals surface area contributed by atoms with Gasteiger partial charge in [-0.2, -0.15) is 5.10 Å². The molecule has 1 unspecified atom stereocenters. The van der Waals surface area contributed by atoms with Gasteiger partial charge in [0.25, 0.3) is 0 Å². The SMILES string of the molecule is CCC1CN(Cc2ccn(C(C)C)n2)CCN1. The van der Waals surface area contributed by atoms with Crippen LogP contribution < -0.4 is 5.32 Å². The first-order valence-corrected chi connectivity index (χ1v) is 6.68. The number of hydrogen-bond acceptors (Lipinski definition) is 3. The lowest BCUT2D eigenvalue weighted by atomic mass is 10.1. The van der Waals surface area contributed by atoms with E-state index in [0.717, 1.165) is 26.2 Å². The molecule has 1 aliphatic heterocycles. The van der Waals surface area contributed by atoms with Gasteiger partial charge in [-0.1, -0.05) is 6.92 Å². The van der Waals surface area contributed by atoms with Crippen LogP contribution in [0.1, 0.15) is 38.9 Å². The molecule has 2 heterocycles. The van der Waals surface area contributed by atoms with E-state index < -0.39 is 0 Å². The van der Waals surface area contributed by atoms with E-state index in [1.165, 1.54) is 12.1 Å². The van der Waals surface area contributed by atoms with Crippen LogP contribution in [0.25, 0.3) is 0 Å². The van der Waals surface area contributed by atoms with E-state index in [1.807, 2.05) is 4.68 Å². The lowest BCUT2D eigenvalue weighted by molar-refractivity contribution is 0.187. The van der Waals surface area contributed by atoms with Crippen molar-refractivity contribution in [3.05, 3.63) is 18.0 Å². The van der Waals surface area contributed by atoms with Crippen LogP contribution in [0.4, 0.5) is 0 Å². The molecule has 96 valence electrons. The molecule has 0 bridgehead atoms. The molecule has 1 aliphatic rings. The van der Waals surface area contributed by atoms with Crippen LogP contribution in [-0.4, -0.2) is 40.4 Å². The van der Waals surface area contributed by atoms with Crippen molar-refractivity contribution in [2.45, 2.75) is 45.8 Å². The van der Waals surface area contributed by atoms with Crippen LogP contribution in [0.3, 0.4) is 0 Å². The van der Waals surface area contributed by atoms with Gasteiger partial charge in [0, 0.05) is 44.5 Å². The third-order valence-electron chi connectivity index (χ3n) is 3.41. The summed E-state index contributed by atoms with van der Waals surface area (Å²) < 4.78 is 2.04. The van der Waals surface area contributed by atoms with Crippen LogP contribution in [-0.2, 0) is 6.54 Å². The number of aromatic nitrogens is 2. The zero-order valence-corrected chi connectivity index (χ0v) is 11.2. The van der Waals surface area contributed by atoms with Crippen molar-refractivity contribution >= 4 is 0 Å². The van der Waals surface area contributed by atoms with Gasteiger partial charge < -0.3 is 5.32 Å². The Morgan fingerprint density at radius 3 is 3.00 bits per heavy atom. The lowest BCUT2D eigenvalue weighted by Gasteiger charge is -2.32. The van der Waals surface area contributed by atoms with Gasteiger partial charge in [-0.3, -0.25) is 9.58 Å². The van der Waals surface area contributed by atoms with Gasteiger partial charge in [0.05, 0.1) is 5.69 Å². The van der Waals surface area contributed by atoms with Gasteiger partial charge in [0.15, 0.2) is 0 Å². The second kappa shape index (κ2) is 5.65. The van der Waals surface area contributed by atoms with E-state index in [1.54, 1.807) is 0 Å². The smallest absolute Gasteiger partial charge is 0.0764 e. The van der Waals surface area contributed by atoms with Crippen molar-refractivity contribution in [3.63, 3.8) is 0 Å². The van der Waals surface area contributed by atoms with E-state index in [9.17, 15) is 0 Å². The first-order valence-electron chi connectivity index (χ1n) is 6.68. The lowest BCUT2D eigenvalue weighted by Crippen LogP contribution is -2.49. The summed E-state index contributed by atoms with van der Waals surface area (Å²) in [5, 5.41) is 8.15. The van der Waals surface area contributed by atoms with E-state index >= 15 is 0 Å². The van der Waals surface area contributed by atoms with Crippen LogP contribution in [0.5, 0.6) is 0 Å². The molecule has 4 heteroatoms. The zero-order chi connectivity index (χ0) is 12.3. The maximum Gasteiger partial charge on any atom is 0.0764 e. The van der Waals surface area contributed by atoms with Crippen molar-refractivity contribution in [1.82, 2.24) is 20.0 Å². The Labute approximate surface area is 104 Å². The monoisotopic (exact) mass is 236 g/mol. The fourth-order valence-electron chi connectivity index (χ4n) is 2.29. The maximum absolute atomic E-state index is 4.61. The van der Waals surface area contributed by atoms with E-state index in [4.69, 9.17) is 0 Å². The zero-order valence-electron chi connectivity index (χ0n) is 11.2. The van der Waals surface area contributed by atoms with E-state index in [2.05, 4.69) is 48.3 Å². The van der Waals surface area contributed by atoms with Crippen molar-refractivity contribution < 1.29 is 0 Å². The highest BCUT2D eigenvalue weighted by Crippen LogP contribution is 2.09. The predicted octanol–water partition coefficient (Wildman–Crippen LogP) is 1.65. The van der Waals surface area contributed by atoms with Gasteiger partial charge in [-0.25, -0.2) is 0 Å². The molecule has 0 saturated carbocycles. The molecule has 1 atom stereocenters. The molecule has 0 amide bonds. The van der Waals surface area contributed by atoms with Crippen LogP contribution in [0, 0.1) is 0 Å². The Hall–Kier alpha value is -0.870. The second-order valence-electron chi connectivity index (χ2n) is 5.18. The third kappa shape index (κ3) is 3.30. The number of piperazine rings is 1. The number of nitrogens with zero attached hydrogens (tertiary/aromatic N) is 3. The molecule has 2 rings (SSSR count). The minimum atomic E-state index is 0.454. The highest BCUT2D eigenvalue weighted by atomic mass is 15.3. The molecule has 1 aromatic heterocycles. The first-order chi connectivity index (χ1) is 8.19. The topological polar surface area (TPSA) is 33.1 Å². The normalized spacial score (nSPS) is 22.2. The molecule has 1 aromatic rings. The summed E-state index contributed by atoms with van der Waals surface area (Å²) in [6, 6.07) is 3.24. The average Bonchev–Trinajstić information content (AvgIpc) is 2.78. The maximum atomic E-state index is 4.61. The van der Waals surface area contributed by atoms with Gasteiger partial charge in [-0.15, -0.1) is 0 Å². The largest absolute Gasteiger partial charge is 0.311 e. The molecule has 0 aliphatic carbocycles. The summed E-state index contributed by atoms with van der Waals surface area (Å²) in [5.41, 5.74) is 1.19. The van der Waals surface area contributed by atoms with Gasteiger partial charge in [0.1, 0.15) is 0 Å². The molecule has 0 spiro atoms. The van der Waals surface area contributed by atoms with Crippen LogP contribution in [0.2, 0.25) is 0 Å². The molecule has 4 nitrogen and oxygen atoms in total. The van der Waals surface area contributed by atoms with Gasteiger partial charge >= 0.3 is 0 Å². The molecular formula is C13H24N4. The van der Waals surface area contributed by atoms with Crippen molar-refractivity contribution in [2.24, 2.45) is 0 Å². The minimum absolute atomic E-state index is 0.454. The summed E-state index contributed by atoms with van der Waals surface area (Å²) in [4.78, 5) is 2.50. The molecule has 17 heavy (non-hydrogen) atoms. The van der Waals surface area contributed by atoms with Crippen molar-refractivity contribution in [3.8, 4) is 0 Å². The Bertz CT molecular complexity index is 345. The van der Waals surface area contributed by atoms with Crippen molar-refractivity contribution in [1.29, 1.82) is 0 Å². The summed E-state index contributed by atoms with van der Waals surface area (Å²) >= 11 is 0. The summed E-state index contributed by atoms with van der Waals surface area (Å²) in [6.45, 7) is 10.9. The van der Waals surface area contributed by atoms with Gasteiger partial charge in [-0.05, 0) is 26.3 Å². The molecule has 1 saturated heterocycles. The average molecular weight is 236 g/mol. The van der Waals surface area contributed by atoms with Crippen LogP contribution >= 0.6 is 0 Å². The molecule has 0 aromatic carbocycles. The summed E-state index contributed by atoms with van der Waals surface area (Å²) in [5.74, 6) is 0. The Balaban J connectivity index is 1.91. The Kier molecular flexibility index (Phi) is 4.18. The quantitative estimate of drug-likeness (QED) is 0.863. The fourth-order valence-corrected chi connectivity index (χ4v) is 2.29. The standard InChI is InChI=1S/C13H24N4/c1-4-12-9-16(8-6-14-12)10-13-5-7-17(15-13)11(2)3/h5,7,11-12,14H,4,6,8-10H2,1-3H3. The van der Waals surface area contributed by atoms with E-state index in [-0.39, 0.29) is 0 Å². The van der Waals surface area contributed by atoms with Crippen molar-refractivity contribution in [2.75, 3.05) is 19.6 Å². The number of hydrogen-bond donors (Lipinski definition) is 1. The first kappa shape index (κ1) is 12.6. The summed E-state index contributed by atoms with van der Waals surface area (Å²) in [6.07, 6.45) is 3.29. The molecular weight excluding hydrogens is 212 g/mol. The highest BCUT2D eigenvalue weighted by molar-refractivity contribution is 5.00. The Morgan fingerprint density at radius 2 is 2.35 bits per heavy atom. The molecule has 0 radical (unpaired) electrons. The van der Waals surface area contributed by atoms with Gasteiger partial charge in [0.2, 0.25) is 0 Å². The fraction of sp³-hybridized carbons (Fsp3) is 0.769. The number of nitrogens with one attached hydrogen (secondary N) is 1. The highest BCUT2D eigenvalue weighted by Gasteiger charge is 2.18. The molecule has 1 fully saturated rings. The molecule has 1 N–H and O–H groups in total. The number of rotatable bonds is 4. The predicted molar refractivity (Wildman–Crippen MR) is 70.0 cm³/mol. The van der Waals surface area contributed by atoms with E-state index in [0.29, 0.717) is 12.1 Å². The Morgan fingerprint density at radius 1 is 1.53 bits per heavy atom. The second-order valence-corrected chi connectivity index (χ2v) is 5.18. The summed E-state index contributed by atoms with van der Waals surface area (Å²) in [7, 11) is 0. The third-order valence-corrected chi connectivity index (χ3v) is 3.41. The minimum Gasteiger partial charge on any atom is -0.311 e. The van der Waals surface area contributed by atoms with Crippen LogP contribution in [0.15, 0.2) is 12.3 Å².